The third kappa shape index (κ3) is 14.3. The third-order valence-electron chi connectivity index (χ3n) is 7.22. The summed E-state index contributed by atoms with van der Waals surface area (Å²) < 4.78 is 5.19. The number of hydrogen-bond acceptors (Lipinski definition) is 3. The van der Waals surface area contributed by atoms with E-state index in [-0.39, 0.29) is 11.9 Å². The van der Waals surface area contributed by atoms with E-state index in [1.807, 2.05) is 18.3 Å². The summed E-state index contributed by atoms with van der Waals surface area (Å²) >= 11 is 0. The van der Waals surface area contributed by atoms with Gasteiger partial charge in [0.15, 0.2) is 0 Å². The van der Waals surface area contributed by atoms with Gasteiger partial charge in [0.05, 0.1) is 0 Å². The summed E-state index contributed by atoms with van der Waals surface area (Å²) in [5.41, 5.74) is 2.11. The number of amides is 1. The molecule has 1 aromatic heterocycles. The van der Waals surface area contributed by atoms with Crippen molar-refractivity contribution < 1.29 is 14.3 Å². The molecule has 2 rings (SSSR count). The molecule has 0 saturated heterocycles. The molecule has 0 bridgehead atoms. The highest BCUT2D eigenvalue weighted by molar-refractivity contribution is 5.85. The van der Waals surface area contributed by atoms with Gasteiger partial charge in [-0.05, 0) is 36.6 Å². The van der Waals surface area contributed by atoms with Crippen molar-refractivity contribution in [2.24, 2.45) is 0 Å². The lowest BCUT2D eigenvalue weighted by atomic mass is 10.0. The molecule has 0 unspecified atom stereocenters. The van der Waals surface area contributed by atoms with Crippen LogP contribution < -0.4 is 10.1 Å². The molecule has 0 atom stereocenters. The topological polar surface area (TPSA) is 71.2 Å². The Balaban J connectivity index is 1.40. The van der Waals surface area contributed by atoms with Crippen molar-refractivity contribution in [3.05, 3.63) is 30.0 Å². The highest BCUT2D eigenvalue weighted by atomic mass is 16.5. The number of hydrogen-bond donors (Lipinski definition) is 2. The van der Waals surface area contributed by atoms with Gasteiger partial charge in [-0.1, -0.05) is 110 Å². The fourth-order valence-electron chi connectivity index (χ4n) is 5.03. The molecule has 0 spiro atoms. The van der Waals surface area contributed by atoms with E-state index in [0.717, 1.165) is 35.7 Å². The summed E-state index contributed by atoms with van der Waals surface area (Å²) in [6.07, 6.45) is 26.3. The summed E-state index contributed by atoms with van der Waals surface area (Å²) in [5.74, 6) is 0.359. The van der Waals surface area contributed by atoms with Crippen molar-refractivity contribution in [2.45, 2.75) is 136 Å². The van der Waals surface area contributed by atoms with E-state index < -0.39 is 0 Å². The fourth-order valence-corrected chi connectivity index (χ4v) is 5.03. The summed E-state index contributed by atoms with van der Waals surface area (Å²) in [5, 5.41) is 4.08. The van der Waals surface area contributed by atoms with Crippen LogP contribution in [0.2, 0.25) is 0 Å². The van der Waals surface area contributed by atoms with Crippen molar-refractivity contribution in [3.63, 3.8) is 0 Å². The molecular formula is C32H52N2O3. The van der Waals surface area contributed by atoms with Crippen molar-refractivity contribution in [3.8, 4) is 5.75 Å². The van der Waals surface area contributed by atoms with Gasteiger partial charge in [-0.25, -0.2) is 0 Å². The minimum absolute atomic E-state index is 0.140. The Morgan fingerprint density at radius 2 is 1.32 bits per heavy atom. The number of aromatic nitrogens is 1. The maximum atomic E-state index is 12.2. The minimum atomic E-state index is -0.326. The molecule has 2 N–H and O–H groups in total. The number of carbonyl (C=O) groups excluding carboxylic acids is 2. The number of fused-ring (bicyclic) bond motifs is 1. The van der Waals surface area contributed by atoms with Crippen LogP contribution in [0.5, 0.6) is 5.75 Å². The predicted molar refractivity (Wildman–Crippen MR) is 155 cm³/mol. The standard InChI is InChI=1S/C32H52N2O3/c1-3-4-5-6-7-8-9-10-11-12-13-14-15-16-17-18-19-20-32(36)33-24-23-28-26-34-31-22-21-29(25-30(28)31)37-27(2)35/h21-22,25-26,34H,3-20,23-24H2,1-2H3,(H,33,36). The molecule has 0 radical (unpaired) electrons. The number of nitrogens with one attached hydrogen (secondary N) is 2. The minimum Gasteiger partial charge on any atom is -0.427 e. The second-order valence-corrected chi connectivity index (χ2v) is 10.6. The van der Waals surface area contributed by atoms with Crippen molar-refractivity contribution in [1.82, 2.24) is 10.3 Å². The van der Waals surface area contributed by atoms with Crippen LogP contribution in [0.4, 0.5) is 0 Å². The average molecular weight is 513 g/mol. The first-order valence-corrected chi connectivity index (χ1v) is 15.1. The van der Waals surface area contributed by atoms with Crippen molar-refractivity contribution in [1.29, 1.82) is 0 Å². The smallest absolute Gasteiger partial charge is 0.308 e. The van der Waals surface area contributed by atoms with Crippen LogP contribution in [0.15, 0.2) is 24.4 Å². The molecule has 0 aliphatic carbocycles. The molecule has 5 heteroatoms. The largest absolute Gasteiger partial charge is 0.427 e. The molecule has 1 amide bonds. The molecule has 0 saturated carbocycles. The van der Waals surface area contributed by atoms with E-state index in [9.17, 15) is 9.59 Å². The van der Waals surface area contributed by atoms with Gasteiger partial charge < -0.3 is 15.0 Å². The van der Waals surface area contributed by atoms with Crippen LogP contribution in [0.3, 0.4) is 0 Å². The van der Waals surface area contributed by atoms with Crippen LogP contribution in [-0.4, -0.2) is 23.4 Å². The Morgan fingerprint density at radius 1 is 0.784 bits per heavy atom. The lowest BCUT2D eigenvalue weighted by Crippen LogP contribution is -2.25. The van der Waals surface area contributed by atoms with Gasteiger partial charge in [0.25, 0.3) is 0 Å². The lowest BCUT2D eigenvalue weighted by molar-refractivity contribution is -0.131. The second kappa shape index (κ2) is 19.8. The van der Waals surface area contributed by atoms with E-state index in [1.54, 1.807) is 6.07 Å². The van der Waals surface area contributed by atoms with Crippen LogP contribution in [0.1, 0.15) is 135 Å². The molecule has 1 heterocycles. The lowest BCUT2D eigenvalue weighted by Gasteiger charge is -2.06. The van der Waals surface area contributed by atoms with Crippen LogP contribution >= 0.6 is 0 Å². The Kier molecular flexibility index (Phi) is 16.5. The monoisotopic (exact) mass is 512 g/mol. The zero-order valence-corrected chi connectivity index (χ0v) is 23.7. The SMILES string of the molecule is CCCCCCCCCCCCCCCCCCCC(=O)NCCc1c[nH]c2ccc(OC(C)=O)cc12. The molecule has 0 aliphatic rings. The number of benzene rings is 1. The van der Waals surface area contributed by atoms with Gasteiger partial charge in [0.2, 0.25) is 5.91 Å². The number of aromatic amines is 1. The Bertz CT molecular complexity index is 889. The maximum Gasteiger partial charge on any atom is 0.308 e. The van der Waals surface area contributed by atoms with Crippen molar-refractivity contribution >= 4 is 22.8 Å². The normalized spacial score (nSPS) is 11.2. The number of unbranched alkanes of at least 4 members (excludes halogenated alkanes) is 16. The summed E-state index contributed by atoms with van der Waals surface area (Å²) in [6.45, 7) is 4.30. The van der Waals surface area contributed by atoms with E-state index in [4.69, 9.17) is 4.74 Å². The maximum absolute atomic E-state index is 12.2. The third-order valence-corrected chi connectivity index (χ3v) is 7.22. The van der Waals surface area contributed by atoms with Gasteiger partial charge in [0.1, 0.15) is 5.75 Å². The van der Waals surface area contributed by atoms with Gasteiger partial charge in [0, 0.05) is 37.0 Å². The Hall–Kier alpha value is -2.30. The Labute approximate surface area is 225 Å². The zero-order chi connectivity index (χ0) is 26.6. The number of esters is 1. The summed E-state index contributed by atoms with van der Waals surface area (Å²) in [4.78, 5) is 26.6. The molecular weight excluding hydrogens is 460 g/mol. The molecule has 1 aromatic carbocycles. The quantitative estimate of drug-likeness (QED) is 0.0940. The zero-order valence-electron chi connectivity index (χ0n) is 23.7. The van der Waals surface area contributed by atoms with E-state index in [2.05, 4.69) is 17.2 Å². The first-order chi connectivity index (χ1) is 18.1. The fraction of sp³-hybridized carbons (Fsp3) is 0.688. The molecule has 37 heavy (non-hydrogen) atoms. The molecule has 2 aromatic rings. The first kappa shape index (κ1) is 30.9. The highest BCUT2D eigenvalue weighted by Gasteiger charge is 2.08. The van der Waals surface area contributed by atoms with E-state index >= 15 is 0 Å². The van der Waals surface area contributed by atoms with Crippen LogP contribution in [-0.2, 0) is 16.0 Å². The number of rotatable bonds is 22. The highest BCUT2D eigenvalue weighted by Crippen LogP contribution is 2.24. The Morgan fingerprint density at radius 3 is 1.86 bits per heavy atom. The van der Waals surface area contributed by atoms with Gasteiger partial charge in [-0.2, -0.15) is 0 Å². The summed E-state index contributed by atoms with van der Waals surface area (Å²) in [6, 6.07) is 5.57. The molecule has 0 fully saturated rings. The molecule has 5 nitrogen and oxygen atoms in total. The molecule has 0 aliphatic heterocycles. The van der Waals surface area contributed by atoms with E-state index in [0.29, 0.717) is 18.7 Å². The molecule has 208 valence electrons. The second-order valence-electron chi connectivity index (χ2n) is 10.6. The van der Waals surface area contributed by atoms with E-state index in [1.165, 1.54) is 103 Å². The number of H-pyrrole nitrogens is 1. The van der Waals surface area contributed by atoms with Gasteiger partial charge >= 0.3 is 5.97 Å². The number of carbonyl (C=O) groups is 2. The van der Waals surface area contributed by atoms with Crippen LogP contribution in [0, 0.1) is 0 Å². The summed E-state index contributed by atoms with van der Waals surface area (Å²) in [7, 11) is 0. The van der Waals surface area contributed by atoms with Crippen molar-refractivity contribution in [2.75, 3.05) is 6.54 Å². The van der Waals surface area contributed by atoms with Gasteiger partial charge in [-0.3, -0.25) is 9.59 Å². The van der Waals surface area contributed by atoms with Gasteiger partial charge in [-0.15, -0.1) is 0 Å². The average Bonchev–Trinajstić information content (AvgIpc) is 3.27. The first-order valence-electron chi connectivity index (χ1n) is 15.1. The number of ether oxygens (including phenoxy) is 1. The van der Waals surface area contributed by atoms with Crippen LogP contribution in [0.25, 0.3) is 10.9 Å². The predicted octanol–water partition coefficient (Wildman–Crippen LogP) is 8.79.